The standard InChI is InChI=1S/C11H20O/c1-4-7-8-10(5-2)9-11(12)6-3/h11-12H,2,4,6-9H2,1,3H3. The van der Waals surface area contributed by atoms with Gasteiger partial charge in [-0.1, -0.05) is 26.8 Å². The van der Waals surface area contributed by atoms with Gasteiger partial charge in [0.25, 0.3) is 0 Å². The Hall–Kier alpha value is -0.520. The summed E-state index contributed by atoms with van der Waals surface area (Å²) < 4.78 is 0. The summed E-state index contributed by atoms with van der Waals surface area (Å²) in [5, 5.41) is 9.37. The molecule has 0 heterocycles. The number of aliphatic hydroxyl groups excluding tert-OH is 1. The van der Waals surface area contributed by atoms with Crippen molar-refractivity contribution < 1.29 is 5.11 Å². The van der Waals surface area contributed by atoms with Gasteiger partial charge in [0.2, 0.25) is 0 Å². The third-order valence-corrected chi connectivity index (χ3v) is 2.04. The lowest BCUT2D eigenvalue weighted by molar-refractivity contribution is 0.169. The average Bonchev–Trinajstić information content (AvgIpc) is 2.11. The maximum Gasteiger partial charge on any atom is 0.0580 e. The van der Waals surface area contributed by atoms with Gasteiger partial charge in [-0.15, -0.1) is 5.73 Å². The van der Waals surface area contributed by atoms with E-state index in [2.05, 4.69) is 19.2 Å². The van der Waals surface area contributed by atoms with Gasteiger partial charge in [0, 0.05) is 6.42 Å². The smallest absolute Gasteiger partial charge is 0.0580 e. The molecule has 1 atom stereocenters. The van der Waals surface area contributed by atoms with E-state index in [1.54, 1.807) is 0 Å². The molecule has 0 aromatic carbocycles. The zero-order valence-electron chi connectivity index (χ0n) is 8.27. The number of unbranched alkanes of at least 4 members (excludes halogenated alkanes) is 1. The molecule has 1 heteroatoms. The van der Waals surface area contributed by atoms with Crippen LogP contribution in [0.4, 0.5) is 0 Å². The molecule has 70 valence electrons. The molecule has 12 heavy (non-hydrogen) atoms. The summed E-state index contributed by atoms with van der Waals surface area (Å²) in [5.41, 5.74) is 4.08. The van der Waals surface area contributed by atoms with Crippen molar-refractivity contribution in [3.63, 3.8) is 0 Å². The van der Waals surface area contributed by atoms with Crippen molar-refractivity contribution >= 4 is 0 Å². The quantitative estimate of drug-likeness (QED) is 0.604. The molecule has 0 aromatic rings. The van der Waals surface area contributed by atoms with Crippen molar-refractivity contribution in [2.24, 2.45) is 0 Å². The van der Waals surface area contributed by atoms with Crippen LogP contribution in [0.25, 0.3) is 0 Å². The zero-order chi connectivity index (χ0) is 9.40. The second-order valence-corrected chi connectivity index (χ2v) is 3.15. The molecule has 0 aliphatic carbocycles. The maximum atomic E-state index is 9.37. The molecule has 0 saturated carbocycles. The molecule has 1 unspecified atom stereocenters. The van der Waals surface area contributed by atoms with E-state index < -0.39 is 0 Å². The van der Waals surface area contributed by atoms with Gasteiger partial charge in [0.1, 0.15) is 0 Å². The van der Waals surface area contributed by atoms with E-state index >= 15 is 0 Å². The van der Waals surface area contributed by atoms with Crippen molar-refractivity contribution in [3.05, 3.63) is 17.9 Å². The van der Waals surface area contributed by atoms with Gasteiger partial charge in [-0.3, -0.25) is 0 Å². The molecule has 0 amide bonds. The van der Waals surface area contributed by atoms with Crippen LogP contribution in [-0.2, 0) is 0 Å². The number of aliphatic hydroxyl groups is 1. The van der Waals surface area contributed by atoms with E-state index in [4.69, 9.17) is 0 Å². The number of hydrogen-bond acceptors (Lipinski definition) is 1. The maximum absolute atomic E-state index is 9.37. The minimum atomic E-state index is -0.203. The fourth-order valence-corrected chi connectivity index (χ4v) is 1.08. The molecule has 0 bridgehead atoms. The third-order valence-electron chi connectivity index (χ3n) is 2.04. The summed E-state index contributed by atoms with van der Waals surface area (Å²) in [6.07, 6.45) is 4.77. The van der Waals surface area contributed by atoms with Crippen LogP contribution in [0.2, 0.25) is 0 Å². The van der Waals surface area contributed by atoms with Gasteiger partial charge in [0.05, 0.1) is 6.10 Å². The molecule has 0 aliphatic rings. The van der Waals surface area contributed by atoms with E-state index in [1.807, 2.05) is 6.92 Å². The molecule has 1 nitrogen and oxygen atoms in total. The minimum absolute atomic E-state index is 0.203. The SMILES string of the molecule is C=C=C(CCCC)CC(O)CC. The predicted molar refractivity (Wildman–Crippen MR) is 53.1 cm³/mol. The Labute approximate surface area is 75.8 Å². The van der Waals surface area contributed by atoms with Crippen LogP contribution in [0.3, 0.4) is 0 Å². The zero-order valence-corrected chi connectivity index (χ0v) is 8.27. The second-order valence-electron chi connectivity index (χ2n) is 3.15. The first-order valence-electron chi connectivity index (χ1n) is 4.80. The lowest BCUT2D eigenvalue weighted by Crippen LogP contribution is -2.05. The first-order chi connectivity index (χ1) is 5.74. The molecule has 0 saturated heterocycles. The van der Waals surface area contributed by atoms with E-state index in [1.165, 1.54) is 18.4 Å². The van der Waals surface area contributed by atoms with Crippen LogP contribution in [0.1, 0.15) is 46.0 Å². The van der Waals surface area contributed by atoms with Crippen molar-refractivity contribution in [1.29, 1.82) is 0 Å². The van der Waals surface area contributed by atoms with Crippen LogP contribution in [0.15, 0.2) is 17.9 Å². The van der Waals surface area contributed by atoms with E-state index in [-0.39, 0.29) is 6.10 Å². The predicted octanol–water partition coefficient (Wildman–Crippen LogP) is 3.05. The van der Waals surface area contributed by atoms with Gasteiger partial charge < -0.3 is 5.11 Å². The highest BCUT2D eigenvalue weighted by atomic mass is 16.3. The topological polar surface area (TPSA) is 20.2 Å². The molecule has 1 N–H and O–H groups in total. The highest BCUT2D eigenvalue weighted by Gasteiger charge is 2.03. The van der Waals surface area contributed by atoms with Gasteiger partial charge in [0.15, 0.2) is 0 Å². The van der Waals surface area contributed by atoms with E-state index in [0.29, 0.717) is 0 Å². The molecule has 0 rings (SSSR count). The number of hydrogen-bond donors (Lipinski definition) is 1. The summed E-state index contributed by atoms with van der Waals surface area (Å²) in [5.74, 6) is 0. The molecular weight excluding hydrogens is 148 g/mol. The Morgan fingerprint density at radius 2 is 2.17 bits per heavy atom. The van der Waals surface area contributed by atoms with E-state index in [9.17, 15) is 5.11 Å². The lowest BCUT2D eigenvalue weighted by atomic mass is 10.0. The van der Waals surface area contributed by atoms with Crippen LogP contribution >= 0.6 is 0 Å². The van der Waals surface area contributed by atoms with Gasteiger partial charge in [-0.25, -0.2) is 0 Å². The lowest BCUT2D eigenvalue weighted by Gasteiger charge is -2.08. The van der Waals surface area contributed by atoms with Gasteiger partial charge in [-0.05, 0) is 24.8 Å². The molecule has 0 radical (unpaired) electrons. The fourth-order valence-electron chi connectivity index (χ4n) is 1.08. The average molecular weight is 168 g/mol. The van der Waals surface area contributed by atoms with Crippen LogP contribution in [0, 0.1) is 0 Å². The van der Waals surface area contributed by atoms with Gasteiger partial charge in [-0.2, -0.15) is 0 Å². The summed E-state index contributed by atoms with van der Waals surface area (Å²) in [6, 6.07) is 0. The number of rotatable bonds is 6. The van der Waals surface area contributed by atoms with Gasteiger partial charge >= 0.3 is 0 Å². The Morgan fingerprint density at radius 3 is 2.58 bits per heavy atom. The fraction of sp³-hybridized carbons (Fsp3) is 0.727. The molecule has 0 aromatic heterocycles. The summed E-state index contributed by atoms with van der Waals surface area (Å²) in [7, 11) is 0. The Bertz CT molecular complexity index is 154. The first kappa shape index (κ1) is 11.5. The normalized spacial score (nSPS) is 12.2. The van der Waals surface area contributed by atoms with Crippen molar-refractivity contribution in [1.82, 2.24) is 0 Å². The molecular formula is C11H20O. The highest BCUT2D eigenvalue weighted by molar-refractivity contribution is 5.00. The Balaban J connectivity index is 3.77. The minimum Gasteiger partial charge on any atom is -0.393 e. The van der Waals surface area contributed by atoms with Crippen molar-refractivity contribution in [2.75, 3.05) is 0 Å². The monoisotopic (exact) mass is 168 g/mol. The molecule has 0 fully saturated rings. The highest BCUT2D eigenvalue weighted by Crippen LogP contribution is 2.13. The summed E-state index contributed by atoms with van der Waals surface area (Å²) >= 11 is 0. The van der Waals surface area contributed by atoms with Crippen LogP contribution in [0.5, 0.6) is 0 Å². The third kappa shape index (κ3) is 5.17. The second kappa shape index (κ2) is 7.15. The first-order valence-corrected chi connectivity index (χ1v) is 4.80. The Kier molecular flexibility index (Phi) is 6.84. The molecule has 0 spiro atoms. The molecule has 0 aliphatic heterocycles. The summed E-state index contributed by atoms with van der Waals surface area (Å²) in [4.78, 5) is 0. The summed E-state index contributed by atoms with van der Waals surface area (Å²) in [6.45, 7) is 7.78. The van der Waals surface area contributed by atoms with Crippen molar-refractivity contribution in [2.45, 2.75) is 52.1 Å². The van der Waals surface area contributed by atoms with Crippen LogP contribution in [-0.4, -0.2) is 11.2 Å². The Morgan fingerprint density at radius 1 is 1.50 bits per heavy atom. The largest absolute Gasteiger partial charge is 0.393 e. The van der Waals surface area contributed by atoms with Crippen LogP contribution < -0.4 is 0 Å². The van der Waals surface area contributed by atoms with E-state index in [0.717, 1.165) is 19.3 Å². The van der Waals surface area contributed by atoms with Crippen molar-refractivity contribution in [3.8, 4) is 0 Å².